The van der Waals surface area contributed by atoms with Crippen LogP contribution in [0.2, 0.25) is 0 Å². The zero-order chi connectivity index (χ0) is 15.4. The predicted octanol–water partition coefficient (Wildman–Crippen LogP) is 1.94. The third kappa shape index (κ3) is 6.25. The zero-order valence-corrected chi connectivity index (χ0v) is 15.9. The molecule has 1 saturated heterocycles. The van der Waals surface area contributed by atoms with Crippen molar-refractivity contribution in [2.75, 3.05) is 25.0 Å². The Bertz CT molecular complexity index is 525. The molecule has 2 amide bonds. The number of piperazine rings is 1. The summed E-state index contributed by atoms with van der Waals surface area (Å²) in [6, 6.07) is 0.213. The van der Waals surface area contributed by atoms with Gasteiger partial charge in [0.15, 0.2) is 5.13 Å². The number of halogens is 2. The molecule has 0 unspecified atom stereocenters. The van der Waals surface area contributed by atoms with Crippen LogP contribution in [0.3, 0.4) is 0 Å². The van der Waals surface area contributed by atoms with E-state index in [1.165, 1.54) is 11.3 Å². The average molecular weight is 383 g/mol. The van der Waals surface area contributed by atoms with Gasteiger partial charge in [-0.3, -0.25) is 9.59 Å². The van der Waals surface area contributed by atoms with Gasteiger partial charge in [-0.1, -0.05) is 13.8 Å². The van der Waals surface area contributed by atoms with Crippen LogP contribution in [0.15, 0.2) is 5.38 Å². The second kappa shape index (κ2) is 10.1. The average Bonchev–Trinajstić information content (AvgIpc) is 2.86. The van der Waals surface area contributed by atoms with Crippen molar-refractivity contribution in [3.8, 4) is 0 Å². The first-order chi connectivity index (χ1) is 9.97. The minimum Gasteiger partial charge on any atom is -0.337 e. The Morgan fingerprint density at radius 1 is 1.48 bits per heavy atom. The summed E-state index contributed by atoms with van der Waals surface area (Å²) in [7, 11) is 0. The van der Waals surface area contributed by atoms with Crippen molar-refractivity contribution in [2.24, 2.45) is 5.92 Å². The molecular formula is C14H24Cl2N4O2S. The highest BCUT2D eigenvalue weighted by Gasteiger charge is 2.23. The van der Waals surface area contributed by atoms with Crippen molar-refractivity contribution >= 4 is 53.1 Å². The fourth-order valence-corrected chi connectivity index (χ4v) is 2.88. The summed E-state index contributed by atoms with van der Waals surface area (Å²) in [4.78, 5) is 30.1. The van der Waals surface area contributed by atoms with Crippen molar-refractivity contribution in [3.63, 3.8) is 0 Å². The van der Waals surface area contributed by atoms with Crippen LogP contribution in [0.1, 0.15) is 26.5 Å². The minimum absolute atomic E-state index is 0. The van der Waals surface area contributed by atoms with E-state index in [9.17, 15) is 9.59 Å². The molecule has 6 nitrogen and oxygen atoms in total. The topological polar surface area (TPSA) is 74.3 Å². The van der Waals surface area contributed by atoms with Gasteiger partial charge >= 0.3 is 0 Å². The molecule has 2 N–H and O–H groups in total. The molecule has 0 bridgehead atoms. The summed E-state index contributed by atoms with van der Waals surface area (Å²) in [5.41, 5.74) is 0.717. The van der Waals surface area contributed by atoms with E-state index in [-0.39, 0.29) is 48.6 Å². The summed E-state index contributed by atoms with van der Waals surface area (Å²) in [5, 5.41) is 8.42. The molecule has 2 rings (SSSR count). The Morgan fingerprint density at radius 3 is 2.78 bits per heavy atom. The molecule has 0 radical (unpaired) electrons. The monoisotopic (exact) mass is 382 g/mol. The lowest BCUT2D eigenvalue weighted by molar-refractivity contribution is -0.133. The third-order valence-electron chi connectivity index (χ3n) is 3.46. The molecule has 1 fully saturated rings. The van der Waals surface area contributed by atoms with Crippen molar-refractivity contribution in [1.82, 2.24) is 15.2 Å². The number of thiazole rings is 1. The molecule has 1 aromatic rings. The fourth-order valence-electron chi connectivity index (χ4n) is 2.16. The van der Waals surface area contributed by atoms with E-state index in [0.717, 1.165) is 25.3 Å². The number of carbonyl (C=O) groups excluding carboxylic acids is 2. The first-order valence-electron chi connectivity index (χ1n) is 7.23. The van der Waals surface area contributed by atoms with Crippen molar-refractivity contribution < 1.29 is 9.59 Å². The number of aromatic nitrogens is 1. The van der Waals surface area contributed by atoms with E-state index in [0.29, 0.717) is 11.6 Å². The quantitative estimate of drug-likeness (QED) is 0.834. The zero-order valence-electron chi connectivity index (χ0n) is 13.5. The lowest BCUT2D eigenvalue weighted by Gasteiger charge is -2.33. The van der Waals surface area contributed by atoms with Gasteiger partial charge in [-0.25, -0.2) is 4.98 Å². The van der Waals surface area contributed by atoms with E-state index in [1.54, 1.807) is 0 Å². The first-order valence-corrected chi connectivity index (χ1v) is 8.10. The number of hydrogen-bond acceptors (Lipinski definition) is 5. The Labute approximate surface area is 153 Å². The van der Waals surface area contributed by atoms with Gasteiger partial charge in [0.05, 0.1) is 12.1 Å². The number of carbonyl (C=O) groups is 2. The van der Waals surface area contributed by atoms with Gasteiger partial charge in [0.1, 0.15) is 0 Å². The van der Waals surface area contributed by atoms with Crippen molar-refractivity contribution in [2.45, 2.75) is 33.2 Å². The number of nitrogens with one attached hydrogen (secondary N) is 2. The van der Waals surface area contributed by atoms with Gasteiger partial charge in [0.25, 0.3) is 0 Å². The molecule has 0 aromatic carbocycles. The second-order valence-electron chi connectivity index (χ2n) is 5.61. The Kier molecular flexibility index (Phi) is 9.68. The molecule has 132 valence electrons. The Morgan fingerprint density at radius 2 is 2.17 bits per heavy atom. The van der Waals surface area contributed by atoms with Crippen LogP contribution in [0, 0.1) is 5.92 Å². The molecule has 1 atom stereocenters. The van der Waals surface area contributed by atoms with Gasteiger partial charge in [-0.05, 0) is 6.92 Å². The van der Waals surface area contributed by atoms with Crippen LogP contribution >= 0.6 is 36.2 Å². The highest BCUT2D eigenvalue weighted by molar-refractivity contribution is 7.13. The third-order valence-corrected chi connectivity index (χ3v) is 4.27. The first kappa shape index (κ1) is 22.1. The SMILES string of the molecule is CC(C)C(=O)Nc1nc(CC(=O)N2CCNC[C@@H]2C)cs1.Cl.Cl. The molecule has 0 saturated carbocycles. The largest absolute Gasteiger partial charge is 0.337 e. The number of hydrogen-bond donors (Lipinski definition) is 2. The summed E-state index contributed by atoms with van der Waals surface area (Å²) in [5.74, 6) is -0.0466. The van der Waals surface area contributed by atoms with Crippen LogP contribution in [-0.4, -0.2) is 47.4 Å². The van der Waals surface area contributed by atoms with E-state index in [2.05, 4.69) is 15.6 Å². The molecule has 0 aliphatic carbocycles. The van der Waals surface area contributed by atoms with Crippen LogP contribution in [0.25, 0.3) is 0 Å². The van der Waals surface area contributed by atoms with Gasteiger partial charge < -0.3 is 15.5 Å². The summed E-state index contributed by atoms with van der Waals surface area (Å²) in [6.07, 6.45) is 0.290. The lowest BCUT2D eigenvalue weighted by atomic mass is 10.2. The molecule has 1 aromatic heterocycles. The number of anilines is 1. The lowest BCUT2D eigenvalue weighted by Crippen LogP contribution is -2.52. The molecule has 23 heavy (non-hydrogen) atoms. The maximum Gasteiger partial charge on any atom is 0.228 e. The highest BCUT2D eigenvalue weighted by atomic mass is 35.5. The molecule has 2 heterocycles. The van der Waals surface area contributed by atoms with Gasteiger partial charge in [-0.2, -0.15) is 0 Å². The van der Waals surface area contributed by atoms with E-state index in [1.807, 2.05) is 31.1 Å². The number of rotatable bonds is 4. The van der Waals surface area contributed by atoms with Crippen LogP contribution in [0.5, 0.6) is 0 Å². The molecule has 1 aliphatic rings. The van der Waals surface area contributed by atoms with E-state index >= 15 is 0 Å². The maximum atomic E-state index is 12.3. The van der Waals surface area contributed by atoms with Crippen molar-refractivity contribution in [3.05, 3.63) is 11.1 Å². The van der Waals surface area contributed by atoms with Gasteiger partial charge in [-0.15, -0.1) is 36.2 Å². The molecule has 1 aliphatic heterocycles. The van der Waals surface area contributed by atoms with Crippen LogP contribution in [0.4, 0.5) is 5.13 Å². The normalized spacial score (nSPS) is 17.2. The van der Waals surface area contributed by atoms with Gasteiger partial charge in [0, 0.05) is 37.0 Å². The van der Waals surface area contributed by atoms with E-state index < -0.39 is 0 Å². The van der Waals surface area contributed by atoms with Crippen molar-refractivity contribution in [1.29, 1.82) is 0 Å². The Balaban J connectivity index is 0.00000242. The summed E-state index contributed by atoms with van der Waals surface area (Å²) >= 11 is 1.36. The molecule has 9 heteroatoms. The minimum atomic E-state index is -0.0827. The highest BCUT2D eigenvalue weighted by Crippen LogP contribution is 2.17. The standard InChI is InChI=1S/C14H22N4O2S.2ClH/c1-9(2)13(20)17-14-16-11(8-21-14)6-12(19)18-5-4-15-7-10(18)3;;/h8-10,15H,4-7H2,1-3H3,(H,16,17,20);2*1H/t10-;;/m0../s1. The Hall–Kier alpha value is -0.890. The maximum absolute atomic E-state index is 12.3. The second-order valence-corrected chi connectivity index (χ2v) is 6.46. The van der Waals surface area contributed by atoms with Crippen LogP contribution in [-0.2, 0) is 16.0 Å². The molecule has 0 spiro atoms. The van der Waals surface area contributed by atoms with Crippen LogP contribution < -0.4 is 10.6 Å². The number of nitrogens with zero attached hydrogens (tertiary/aromatic N) is 2. The number of amides is 2. The predicted molar refractivity (Wildman–Crippen MR) is 97.8 cm³/mol. The van der Waals surface area contributed by atoms with E-state index in [4.69, 9.17) is 0 Å². The molecular weight excluding hydrogens is 359 g/mol. The smallest absolute Gasteiger partial charge is 0.228 e. The fraction of sp³-hybridized carbons (Fsp3) is 0.643. The summed E-state index contributed by atoms with van der Waals surface area (Å²) < 4.78 is 0. The van der Waals surface area contributed by atoms with Gasteiger partial charge in [0.2, 0.25) is 11.8 Å². The summed E-state index contributed by atoms with van der Waals surface area (Å²) in [6.45, 7) is 8.11.